The number of allylic oxidation sites excluding steroid dienone is 2. The number of halogens is 1. The summed E-state index contributed by atoms with van der Waals surface area (Å²) in [5, 5.41) is 21.6. The second-order valence-electron chi connectivity index (χ2n) is 4.80. The highest BCUT2D eigenvalue weighted by Crippen LogP contribution is 2.38. The molecule has 3 N–H and O–H groups in total. The molecule has 0 atom stereocenters. The Hall–Kier alpha value is -2.63. The molecule has 6 heteroatoms. The molecule has 0 amide bonds. The molecule has 0 bridgehead atoms. The number of carboxylic acid groups (broad SMARTS) is 2. The van der Waals surface area contributed by atoms with Crippen LogP contribution in [0, 0.1) is 5.82 Å². The van der Waals surface area contributed by atoms with Crippen LogP contribution in [0.3, 0.4) is 0 Å². The van der Waals surface area contributed by atoms with Gasteiger partial charge in [0.2, 0.25) is 0 Å². The summed E-state index contributed by atoms with van der Waals surface area (Å²) in [4.78, 5) is 23.0. The molecule has 110 valence electrons. The van der Waals surface area contributed by atoms with Crippen LogP contribution in [0.4, 0.5) is 4.39 Å². The average molecular weight is 291 g/mol. The molecule has 1 aromatic rings. The van der Waals surface area contributed by atoms with Gasteiger partial charge in [-0.15, -0.1) is 0 Å². The summed E-state index contributed by atoms with van der Waals surface area (Å²) in [7, 11) is 0. The van der Waals surface area contributed by atoms with Gasteiger partial charge >= 0.3 is 11.9 Å². The standard InChI is InChI=1S/C15H14FNO4/c1-7-11(14(18)19)13(9-3-5-10(16)6-4-9)12(15(20)21)8(2)17-7/h3-6,13,17H,1-2H3,(H,18,19)(H,20,21). The van der Waals surface area contributed by atoms with E-state index < -0.39 is 23.7 Å². The maximum Gasteiger partial charge on any atom is 0.334 e. The highest BCUT2D eigenvalue weighted by molar-refractivity contribution is 5.98. The van der Waals surface area contributed by atoms with E-state index in [0.717, 1.165) is 0 Å². The Balaban J connectivity index is 2.67. The first-order chi connectivity index (χ1) is 9.82. The number of hydrogen-bond acceptors (Lipinski definition) is 3. The van der Waals surface area contributed by atoms with Crippen molar-refractivity contribution >= 4 is 11.9 Å². The molecular weight excluding hydrogens is 277 g/mol. The Labute approximate surface area is 120 Å². The van der Waals surface area contributed by atoms with Crippen molar-refractivity contribution < 1.29 is 24.2 Å². The largest absolute Gasteiger partial charge is 0.478 e. The van der Waals surface area contributed by atoms with E-state index in [2.05, 4.69) is 5.32 Å². The van der Waals surface area contributed by atoms with Gasteiger partial charge in [0.05, 0.1) is 17.1 Å². The van der Waals surface area contributed by atoms with E-state index in [9.17, 15) is 24.2 Å². The average Bonchev–Trinajstić information content (AvgIpc) is 2.37. The van der Waals surface area contributed by atoms with Crippen LogP contribution in [0.1, 0.15) is 25.3 Å². The maximum atomic E-state index is 13.0. The first-order valence-electron chi connectivity index (χ1n) is 6.23. The smallest absolute Gasteiger partial charge is 0.334 e. The van der Waals surface area contributed by atoms with Crippen molar-refractivity contribution in [3.8, 4) is 0 Å². The molecule has 21 heavy (non-hydrogen) atoms. The van der Waals surface area contributed by atoms with E-state index in [1.54, 1.807) is 13.8 Å². The number of carbonyl (C=O) groups is 2. The summed E-state index contributed by atoms with van der Waals surface area (Å²) in [6, 6.07) is 5.16. The van der Waals surface area contributed by atoms with Crippen LogP contribution >= 0.6 is 0 Å². The van der Waals surface area contributed by atoms with Gasteiger partial charge in [0.1, 0.15) is 5.82 Å². The number of rotatable bonds is 3. The van der Waals surface area contributed by atoms with Crippen molar-refractivity contribution in [2.24, 2.45) is 0 Å². The molecule has 0 spiro atoms. The van der Waals surface area contributed by atoms with Crippen molar-refractivity contribution in [1.29, 1.82) is 0 Å². The zero-order chi connectivity index (χ0) is 15.7. The molecule has 2 rings (SSSR count). The van der Waals surface area contributed by atoms with Crippen LogP contribution in [0.2, 0.25) is 0 Å². The molecule has 1 aliphatic rings. The first kappa shape index (κ1) is 14.8. The van der Waals surface area contributed by atoms with Crippen LogP contribution in [-0.4, -0.2) is 22.2 Å². The topological polar surface area (TPSA) is 86.6 Å². The third kappa shape index (κ3) is 2.65. The predicted octanol–water partition coefficient (Wildman–Crippen LogP) is 2.23. The molecule has 0 fully saturated rings. The van der Waals surface area contributed by atoms with E-state index >= 15 is 0 Å². The lowest BCUT2D eigenvalue weighted by atomic mass is 9.80. The fraction of sp³-hybridized carbons (Fsp3) is 0.200. The fourth-order valence-electron chi connectivity index (χ4n) is 2.55. The van der Waals surface area contributed by atoms with Gasteiger partial charge in [-0.25, -0.2) is 14.0 Å². The maximum absolute atomic E-state index is 13.0. The normalized spacial score (nSPS) is 16.0. The molecule has 1 aliphatic heterocycles. The van der Waals surface area contributed by atoms with Crippen molar-refractivity contribution in [3.63, 3.8) is 0 Å². The van der Waals surface area contributed by atoms with Crippen LogP contribution in [-0.2, 0) is 9.59 Å². The summed E-state index contributed by atoms with van der Waals surface area (Å²) in [6.07, 6.45) is 0. The van der Waals surface area contributed by atoms with Gasteiger partial charge in [0.25, 0.3) is 0 Å². The Bertz CT molecular complexity index is 637. The minimum absolute atomic E-state index is 0.0513. The SMILES string of the molecule is CC1=C(C(=O)O)C(c2ccc(F)cc2)C(C(=O)O)=C(C)N1. The van der Waals surface area contributed by atoms with Gasteiger partial charge in [-0.1, -0.05) is 12.1 Å². The van der Waals surface area contributed by atoms with E-state index in [4.69, 9.17) is 0 Å². The zero-order valence-electron chi connectivity index (χ0n) is 11.5. The van der Waals surface area contributed by atoms with Crippen molar-refractivity contribution in [1.82, 2.24) is 5.32 Å². The Morgan fingerprint density at radius 3 is 1.81 bits per heavy atom. The van der Waals surface area contributed by atoms with Crippen molar-refractivity contribution in [2.75, 3.05) is 0 Å². The van der Waals surface area contributed by atoms with E-state index in [0.29, 0.717) is 17.0 Å². The minimum Gasteiger partial charge on any atom is -0.478 e. The van der Waals surface area contributed by atoms with Gasteiger partial charge in [-0.2, -0.15) is 0 Å². The highest BCUT2D eigenvalue weighted by Gasteiger charge is 2.36. The quantitative estimate of drug-likeness (QED) is 0.795. The number of aliphatic carboxylic acids is 2. The number of carboxylic acids is 2. The summed E-state index contributed by atoms with van der Waals surface area (Å²) < 4.78 is 13.0. The fourth-order valence-corrected chi connectivity index (χ4v) is 2.55. The van der Waals surface area contributed by atoms with Gasteiger partial charge in [0.15, 0.2) is 0 Å². The Morgan fingerprint density at radius 1 is 1.00 bits per heavy atom. The van der Waals surface area contributed by atoms with Gasteiger partial charge in [-0.3, -0.25) is 0 Å². The second kappa shape index (κ2) is 5.40. The van der Waals surface area contributed by atoms with Crippen LogP contribution in [0.5, 0.6) is 0 Å². The van der Waals surface area contributed by atoms with Crippen LogP contribution in [0.25, 0.3) is 0 Å². The first-order valence-corrected chi connectivity index (χ1v) is 6.23. The van der Waals surface area contributed by atoms with Gasteiger partial charge in [-0.05, 0) is 31.5 Å². The monoisotopic (exact) mass is 291 g/mol. The lowest BCUT2D eigenvalue weighted by Crippen LogP contribution is -2.31. The molecule has 0 saturated carbocycles. The highest BCUT2D eigenvalue weighted by atomic mass is 19.1. The molecular formula is C15H14FNO4. The van der Waals surface area contributed by atoms with Crippen LogP contribution < -0.4 is 5.32 Å². The number of nitrogens with one attached hydrogen (secondary N) is 1. The third-order valence-corrected chi connectivity index (χ3v) is 3.42. The minimum atomic E-state index is -1.21. The van der Waals surface area contributed by atoms with Crippen LogP contribution in [0.15, 0.2) is 46.8 Å². The summed E-state index contributed by atoms with van der Waals surface area (Å²) in [6.45, 7) is 3.14. The van der Waals surface area contributed by atoms with Gasteiger partial charge in [0, 0.05) is 11.4 Å². The molecule has 1 heterocycles. The Morgan fingerprint density at radius 2 is 1.43 bits per heavy atom. The lowest BCUT2D eigenvalue weighted by Gasteiger charge is -2.28. The molecule has 0 aliphatic carbocycles. The third-order valence-electron chi connectivity index (χ3n) is 3.42. The van der Waals surface area contributed by atoms with Crippen molar-refractivity contribution in [2.45, 2.75) is 19.8 Å². The lowest BCUT2D eigenvalue weighted by molar-refractivity contribution is -0.133. The van der Waals surface area contributed by atoms with Crippen molar-refractivity contribution in [3.05, 3.63) is 58.2 Å². The van der Waals surface area contributed by atoms with Gasteiger partial charge < -0.3 is 15.5 Å². The molecule has 0 aromatic heterocycles. The summed E-state index contributed by atoms with van der Waals surface area (Å²) in [5.41, 5.74) is 1.07. The molecule has 1 aromatic carbocycles. The van der Waals surface area contributed by atoms with E-state index in [1.807, 2.05) is 0 Å². The molecule has 0 saturated heterocycles. The zero-order valence-corrected chi connectivity index (χ0v) is 11.5. The number of hydrogen-bond donors (Lipinski definition) is 3. The summed E-state index contributed by atoms with van der Waals surface area (Å²) >= 11 is 0. The van der Waals surface area contributed by atoms with E-state index in [-0.39, 0.29) is 11.1 Å². The summed E-state index contributed by atoms with van der Waals surface area (Å²) in [5.74, 6) is -3.83. The molecule has 0 radical (unpaired) electrons. The molecule has 0 unspecified atom stereocenters. The number of dihydropyridines is 1. The predicted molar refractivity (Wildman–Crippen MR) is 72.9 cm³/mol. The Kier molecular flexibility index (Phi) is 3.80. The number of benzene rings is 1. The molecule has 5 nitrogen and oxygen atoms in total. The second-order valence-corrected chi connectivity index (χ2v) is 4.80. The van der Waals surface area contributed by atoms with E-state index in [1.165, 1.54) is 24.3 Å².